The zero-order valence-electron chi connectivity index (χ0n) is 9.74. The molecule has 0 saturated carbocycles. The molecule has 0 radical (unpaired) electrons. The third-order valence-electron chi connectivity index (χ3n) is 1.64. The van der Waals surface area contributed by atoms with Crippen LogP contribution in [0.15, 0.2) is 0 Å². The number of carbonyl (C=O) groups is 2. The molecule has 9 heteroatoms. The molecule has 0 bridgehead atoms. The van der Waals surface area contributed by atoms with Gasteiger partial charge in [-0.15, -0.1) is 0 Å². The van der Waals surface area contributed by atoms with E-state index < -0.39 is 22.9 Å². The molecule has 100 valence electrons. The van der Waals surface area contributed by atoms with Gasteiger partial charge in [0.15, 0.2) is 0 Å². The van der Waals surface area contributed by atoms with Crippen molar-refractivity contribution in [2.24, 2.45) is 0 Å². The Balaban J connectivity index is 4.60. The molecule has 0 aliphatic heterocycles. The lowest BCUT2D eigenvalue weighted by Crippen LogP contribution is -2.21. The molecule has 0 aromatic carbocycles. The van der Waals surface area contributed by atoms with Crippen LogP contribution in [0.25, 0.3) is 0 Å². The highest BCUT2D eigenvalue weighted by Gasteiger charge is 2.30. The Kier molecular flexibility index (Phi) is 7.98. The first-order chi connectivity index (χ1) is 7.88. The fourth-order valence-electron chi connectivity index (χ4n) is 0.857. The first kappa shape index (κ1) is 16.9. The molecule has 0 spiro atoms. The van der Waals surface area contributed by atoms with Crippen LogP contribution in [-0.4, -0.2) is 43.1 Å². The van der Waals surface area contributed by atoms with Gasteiger partial charge in [0.2, 0.25) is 5.69 Å². The van der Waals surface area contributed by atoms with Crippen molar-refractivity contribution in [1.82, 2.24) is 0 Å². The van der Waals surface area contributed by atoms with E-state index in [0.29, 0.717) is 0 Å². The maximum absolute atomic E-state index is 11.2. The summed E-state index contributed by atoms with van der Waals surface area (Å²) >= 11 is 5.87. The van der Waals surface area contributed by atoms with Gasteiger partial charge in [-0.2, -0.15) is 0 Å². The first-order valence-corrected chi connectivity index (χ1v) is 8.79. The molecule has 1 unspecified atom stereocenters. The van der Waals surface area contributed by atoms with Crippen LogP contribution in [0.2, 0.25) is 0 Å². The third-order valence-corrected chi connectivity index (χ3v) is 7.51. The minimum absolute atomic E-state index is 0.207. The average molecular weight is 302 g/mol. The summed E-state index contributed by atoms with van der Waals surface area (Å²) in [6, 6.07) is 0. The number of ether oxygens (including phenoxy) is 1. The Hall–Kier alpha value is -0.140. The topological polar surface area (TPSA) is 82.1 Å². The molecule has 0 aromatic rings. The van der Waals surface area contributed by atoms with E-state index >= 15 is 0 Å². The number of carboxylic acids is 1. The average Bonchev–Trinajstić information content (AvgIpc) is 2.28. The quantitative estimate of drug-likeness (QED) is 0.535. The van der Waals surface area contributed by atoms with Crippen LogP contribution in [0.5, 0.6) is 0 Å². The Morgan fingerprint density at radius 3 is 2.29 bits per heavy atom. The van der Waals surface area contributed by atoms with E-state index in [1.807, 2.05) is 0 Å². The molecule has 17 heavy (non-hydrogen) atoms. The summed E-state index contributed by atoms with van der Waals surface area (Å²) in [6.07, 6.45) is -0.265. The fourth-order valence-corrected chi connectivity index (χ4v) is 4.67. The van der Waals surface area contributed by atoms with Crippen molar-refractivity contribution in [2.75, 3.05) is 20.8 Å². The number of hydrogen-bond donors (Lipinski definition) is 1. The Morgan fingerprint density at radius 1 is 1.41 bits per heavy atom. The van der Waals surface area contributed by atoms with Crippen LogP contribution in [-0.2, 0) is 35.2 Å². The fraction of sp³-hybridized carbons (Fsp3) is 0.750. The lowest BCUT2D eigenvalue weighted by Gasteiger charge is -2.20. The maximum Gasteiger partial charge on any atom is 0.317 e. The van der Waals surface area contributed by atoms with Gasteiger partial charge in [0, 0.05) is 14.2 Å². The number of hydrogen-bond acceptors (Lipinski definition) is 7. The zero-order chi connectivity index (χ0) is 13.5. The van der Waals surface area contributed by atoms with Gasteiger partial charge < -0.3 is 18.9 Å². The molecule has 0 heterocycles. The Bertz CT molecular complexity index is 313. The highest BCUT2D eigenvalue weighted by Crippen LogP contribution is 2.61. The van der Waals surface area contributed by atoms with Crippen LogP contribution in [0, 0.1) is 0 Å². The van der Waals surface area contributed by atoms with Gasteiger partial charge in [-0.25, -0.2) is 0 Å². The molecule has 0 aliphatic carbocycles. The summed E-state index contributed by atoms with van der Waals surface area (Å²) in [5.74, 6) is -1.73. The second-order valence-corrected chi connectivity index (χ2v) is 9.37. The Morgan fingerprint density at radius 2 is 1.94 bits per heavy atom. The number of rotatable bonds is 8. The SMILES string of the molecule is CCOC(=O)CC(SP(=S)(OC)OC)C(=O)O. The number of carbonyl (C=O) groups excluding carboxylic acids is 1. The molecule has 6 nitrogen and oxygen atoms in total. The minimum atomic E-state index is -2.70. The monoisotopic (exact) mass is 302 g/mol. The summed E-state index contributed by atoms with van der Waals surface area (Å²) in [4.78, 5) is 22.2. The zero-order valence-corrected chi connectivity index (χ0v) is 12.3. The lowest BCUT2D eigenvalue weighted by atomic mass is 10.3. The third kappa shape index (κ3) is 6.38. The number of esters is 1. The van der Waals surface area contributed by atoms with Crippen molar-refractivity contribution >= 4 is 40.8 Å². The van der Waals surface area contributed by atoms with E-state index in [1.54, 1.807) is 6.92 Å². The molecule has 0 rings (SSSR count). The van der Waals surface area contributed by atoms with Crippen molar-refractivity contribution in [3.05, 3.63) is 0 Å². The predicted molar refractivity (Wildman–Crippen MR) is 68.6 cm³/mol. The molecule has 0 amide bonds. The molecular formula is C8H15O6PS2. The molecule has 1 N–H and O–H groups in total. The van der Waals surface area contributed by atoms with E-state index in [1.165, 1.54) is 14.2 Å². The van der Waals surface area contributed by atoms with Crippen LogP contribution < -0.4 is 0 Å². The largest absolute Gasteiger partial charge is 0.480 e. The molecular weight excluding hydrogens is 287 g/mol. The molecule has 0 aromatic heterocycles. The van der Waals surface area contributed by atoms with Crippen molar-refractivity contribution in [1.29, 1.82) is 0 Å². The summed E-state index contributed by atoms with van der Waals surface area (Å²) in [5, 5.41) is 7.95. The van der Waals surface area contributed by atoms with E-state index in [9.17, 15) is 9.59 Å². The van der Waals surface area contributed by atoms with Crippen LogP contribution in [0.1, 0.15) is 13.3 Å². The molecule has 0 saturated heterocycles. The van der Waals surface area contributed by atoms with Crippen molar-refractivity contribution in [2.45, 2.75) is 18.6 Å². The summed E-state index contributed by atoms with van der Waals surface area (Å²) in [7, 11) is 2.70. The van der Waals surface area contributed by atoms with Gasteiger partial charge in [0.25, 0.3) is 0 Å². The van der Waals surface area contributed by atoms with Gasteiger partial charge >= 0.3 is 11.9 Å². The van der Waals surface area contributed by atoms with Crippen LogP contribution in [0.3, 0.4) is 0 Å². The second-order valence-electron chi connectivity index (χ2n) is 2.75. The summed E-state index contributed by atoms with van der Waals surface area (Å²) < 4.78 is 14.6. The maximum atomic E-state index is 11.2. The lowest BCUT2D eigenvalue weighted by molar-refractivity contribution is -0.146. The summed E-state index contributed by atoms with van der Waals surface area (Å²) in [5.41, 5.74) is -2.70. The minimum Gasteiger partial charge on any atom is -0.480 e. The van der Waals surface area contributed by atoms with Crippen LogP contribution in [0.4, 0.5) is 0 Å². The van der Waals surface area contributed by atoms with Gasteiger partial charge in [-0.05, 0) is 18.7 Å². The highest BCUT2D eigenvalue weighted by atomic mass is 32.9. The highest BCUT2D eigenvalue weighted by molar-refractivity contribution is 8.68. The van der Waals surface area contributed by atoms with Gasteiger partial charge in [0.1, 0.15) is 5.25 Å². The predicted octanol–water partition coefficient (Wildman–Crippen LogP) is 1.64. The van der Waals surface area contributed by atoms with E-state index in [2.05, 4.69) is 4.74 Å². The van der Waals surface area contributed by atoms with Gasteiger partial charge in [0.05, 0.1) is 13.0 Å². The second kappa shape index (κ2) is 8.05. The van der Waals surface area contributed by atoms with E-state index in [0.717, 1.165) is 11.4 Å². The van der Waals surface area contributed by atoms with Crippen molar-refractivity contribution in [3.8, 4) is 0 Å². The van der Waals surface area contributed by atoms with E-state index in [-0.39, 0.29) is 13.0 Å². The molecule has 1 atom stereocenters. The Labute approximate surface area is 109 Å². The first-order valence-electron chi connectivity index (χ1n) is 4.66. The number of carboxylic acid groups (broad SMARTS) is 1. The van der Waals surface area contributed by atoms with Crippen molar-refractivity contribution in [3.63, 3.8) is 0 Å². The summed E-state index contributed by atoms with van der Waals surface area (Å²) in [6.45, 7) is 1.86. The van der Waals surface area contributed by atoms with Crippen molar-refractivity contribution < 1.29 is 28.5 Å². The molecule has 0 aliphatic rings. The standard InChI is InChI=1S/C8H15O6PS2/c1-4-14-7(9)5-6(8(10)11)17-15(16,12-2)13-3/h6H,4-5H2,1-3H3,(H,10,11). The van der Waals surface area contributed by atoms with Crippen LogP contribution >= 0.6 is 17.1 Å². The number of aliphatic carboxylic acids is 1. The van der Waals surface area contributed by atoms with E-state index in [4.69, 9.17) is 26.0 Å². The van der Waals surface area contributed by atoms with Gasteiger partial charge in [-0.3, -0.25) is 9.59 Å². The van der Waals surface area contributed by atoms with Gasteiger partial charge in [-0.1, -0.05) is 11.4 Å². The smallest absolute Gasteiger partial charge is 0.317 e. The molecule has 0 fully saturated rings. The normalized spacial score (nSPS) is 13.1.